The highest BCUT2D eigenvalue weighted by molar-refractivity contribution is 5.90. The third-order valence-corrected chi connectivity index (χ3v) is 1.96. The first kappa shape index (κ1) is 10.9. The molecule has 14 heavy (non-hydrogen) atoms. The zero-order valence-electron chi connectivity index (χ0n) is 9.46. The minimum Gasteiger partial charge on any atom is -0.291 e. The van der Waals surface area contributed by atoms with Crippen molar-refractivity contribution in [2.24, 2.45) is 0 Å². The van der Waals surface area contributed by atoms with E-state index in [0.29, 0.717) is 12.4 Å². The van der Waals surface area contributed by atoms with Gasteiger partial charge in [0.15, 0.2) is 17.4 Å². The molecule has 0 saturated carbocycles. The van der Waals surface area contributed by atoms with E-state index in [1.54, 1.807) is 4.68 Å². The highest BCUT2D eigenvalue weighted by atomic mass is 16.1. The Bertz CT molecular complexity index is 347. The summed E-state index contributed by atoms with van der Waals surface area (Å²) in [7, 11) is 0. The van der Waals surface area contributed by atoms with Crippen molar-refractivity contribution >= 4 is 5.78 Å². The zero-order valence-corrected chi connectivity index (χ0v) is 9.46. The molecule has 0 fully saturated rings. The Morgan fingerprint density at radius 1 is 1.43 bits per heavy atom. The lowest BCUT2D eigenvalue weighted by Gasteiger charge is -2.12. The van der Waals surface area contributed by atoms with E-state index in [1.165, 1.54) is 6.92 Å². The van der Waals surface area contributed by atoms with Crippen LogP contribution in [0.2, 0.25) is 0 Å². The van der Waals surface area contributed by atoms with Crippen molar-refractivity contribution in [3.8, 4) is 0 Å². The van der Waals surface area contributed by atoms with Gasteiger partial charge in [0.25, 0.3) is 0 Å². The Balaban J connectivity index is 3.20. The van der Waals surface area contributed by atoms with Crippen LogP contribution in [0, 0.1) is 0 Å². The SMILES string of the molecule is CCn1nc(C(C)(C)C)nc1C(C)=O. The van der Waals surface area contributed by atoms with E-state index in [0.717, 1.165) is 5.82 Å². The predicted molar refractivity (Wildman–Crippen MR) is 54.4 cm³/mol. The molecule has 4 nitrogen and oxygen atoms in total. The average molecular weight is 195 g/mol. The summed E-state index contributed by atoms with van der Waals surface area (Å²) < 4.78 is 1.66. The summed E-state index contributed by atoms with van der Waals surface area (Å²) in [5.74, 6) is 1.15. The standard InChI is InChI=1S/C10H17N3O/c1-6-13-8(7(2)14)11-9(12-13)10(3,4)5/h6H2,1-5H3. The lowest BCUT2D eigenvalue weighted by molar-refractivity contribution is 0.0998. The summed E-state index contributed by atoms with van der Waals surface area (Å²) >= 11 is 0. The number of hydrogen-bond acceptors (Lipinski definition) is 3. The third-order valence-electron chi connectivity index (χ3n) is 1.96. The van der Waals surface area contributed by atoms with Crippen molar-refractivity contribution in [3.63, 3.8) is 0 Å². The van der Waals surface area contributed by atoms with Gasteiger partial charge >= 0.3 is 0 Å². The van der Waals surface area contributed by atoms with Crippen molar-refractivity contribution in [2.75, 3.05) is 0 Å². The number of hydrogen-bond donors (Lipinski definition) is 0. The minimum atomic E-state index is -0.107. The van der Waals surface area contributed by atoms with Gasteiger partial charge in [-0.3, -0.25) is 4.79 Å². The molecule has 1 heterocycles. The smallest absolute Gasteiger partial charge is 0.196 e. The van der Waals surface area contributed by atoms with E-state index in [-0.39, 0.29) is 11.2 Å². The molecule has 0 radical (unpaired) electrons. The van der Waals surface area contributed by atoms with Gasteiger partial charge in [-0.05, 0) is 6.92 Å². The van der Waals surface area contributed by atoms with Gasteiger partial charge < -0.3 is 0 Å². The van der Waals surface area contributed by atoms with E-state index in [4.69, 9.17) is 0 Å². The highest BCUT2D eigenvalue weighted by Gasteiger charge is 2.22. The number of rotatable bonds is 2. The number of nitrogens with zero attached hydrogens (tertiary/aromatic N) is 3. The predicted octanol–water partition coefficient (Wildman–Crippen LogP) is 1.80. The average Bonchev–Trinajstić information content (AvgIpc) is 2.45. The Morgan fingerprint density at radius 3 is 2.29 bits per heavy atom. The number of aromatic nitrogens is 3. The van der Waals surface area contributed by atoms with Gasteiger partial charge in [-0.2, -0.15) is 5.10 Å². The Kier molecular flexibility index (Phi) is 2.73. The maximum Gasteiger partial charge on any atom is 0.196 e. The van der Waals surface area contributed by atoms with E-state index < -0.39 is 0 Å². The molecule has 0 aliphatic rings. The summed E-state index contributed by atoms with van der Waals surface area (Å²) in [6.45, 7) is 10.2. The molecule has 0 atom stereocenters. The summed E-state index contributed by atoms with van der Waals surface area (Å²) in [5, 5.41) is 4.31. The molecule has 0 N–H and O–H groups in total. The fourth-order valence-corrected chi connectivity index (χ4v) is 1.14. The van der Waals surface area contributed by atoms with Crippen LogP contribution in [0.4, 0.5) is 0 Å². The van der Waals surface area contributed by atoms with Crippen LogP contribution in [0.5, 0.6) is 0 Å². The quantitative estimate of drug-likeness (QED) is 0.676. The van der Waals surface area contributed by atoms with Crippen molar-refractivity contribution < 1.29 is 4.79 Å². The first-order chi connectivity index (χ1) is 6.36. The van der Waals surface area contributed by atoms with Gasteiger partial charge in [-0.25, -0.2) is 9.67 Å². The minimum absolute atomic E-state index is 0.0325. The van der Waals surface area contributed by atoms with Gasteiger partial charge in [0.05, 0.1) is 0 Å². The monoisotopic (exact) mass is 195 g/mol. The number of aryl methyl sites for hydroxylation is 1. The maximum atomic E-state index is 11.2. The van der Waals surface area contributed by atoms with Crippen LogP contribution < -0.4 is 0 Å². The second kappa shape index (κ2) is 3.52. The number of carbonyl (C=O) groups is 1. The van der Waals surface area contributed by atoms with Crippen LogP contribution in [0.1, 0.15) is 51.1 Å². The molecule has 1 aromatic rings. The van der Waals surface area contributed by atoms with Crippen LogP contribution in [0.3, 0.4) is 0 Å². The Hall–Kier alpha value is -1.19. The summed E-state index contributed by atoms with van der Waals surface area (Å²) in [6, 6.07) is 0. The van der Waals surface area contributed by atoms with Crippen LogP contribution in [-0.2, 0) is 12.0 Å². The van der Waals surface area contributed by atoms with Crippen molar-refractivity contribution in [2.45, 2.75) is 46.6 Å². The molecule has 78 valence electrons. The molecule has 0 amide bonds. The molecule has 0 aliphatic heterocycles. The van der Waals surface area contributed by atoms with Crippen LogP contribution in [-0.4, -0.2) is 20.5 Å². The van der Waals surface area contributed by atoms with E-state index in [1.807, 2.05) is 27.7 Å². The second-order valence-electron chi connectivity index (χ2n) is 4.38. The summed E-state index contributed by atoms with van der Waals surface area (Å²) in [6.07, 6.45) is 0. The van der Waals surface area contributed by atoms with Crippen molar-refractivity contribution in [1.82, 2.24) is 14.8 Å². The lowest BCUT2D eigenvalue weighted by atomic mass is 9.96. The molecule has 0 spiro atoms. The van der Waals surface area contributed by atoms with Gasteiger partial charge in [0.1, 0.15) is 0 Å². The molecular weight excluding hydrogens is 178 g/mol. The molecule has 1 rings (SSSR count). The van der Waals surface area contributed by atoms with E-state index in [9.17, 15) is 4.79 Å². The number of carbonyl (C=O) groups excluding carboxylic acids is 1. The van der Waals surface area contributed by atoms with Crippen LogP contribution >= 0.6 is 0 Å². The molecule has 0 aromatic carbocycles. The highest BCUT2D eigenvalue weighted by Crippen LogP contribution is 2.18. The van der Waals surface area contributed by atoms with Gasteiger partial charge in [0.2, 0.25) is 0 Å². The van der Waals surface area contributed by atoms with Crippen LogP contribution in [0.25, 0.3) is 0 Å². The summed E-state index contributed by atoms with van der Waals surface area (Å²) in [4.78, 5) is 15.5. The van der Waals surface area contributed by atoms with Gasteiger partial charge in [-0.15, -0.1) is 0 Å². The topological polar surface area (TPSA) is 47.8 Å². The summed E-state index contributed by atoms with van der Waals surface area (Å²) in [5.41, 5.74) is -0.107. The normalized spacial score (nSPS) is 11.8. The molecule has 4 heteroatoms. The lowest BCUT2D eigenvalue weighted by Crippen LogP contribution is -2.14. The zero-order chi connectivity index (χ0) is 10.9. The van der Waals surface area contributed by atoms with Gasteiger partial charge in [0, 0.05) is 18.9 Å². The molecular formula is C10H17N3O. The number of ketones is 1. The van der Waals surface area contributed by atoms with E-state index in [2.05, 4.69) is 10.1 Å². The fraction of sp³-hybridized carbons (Fsp3) is 0.700. The maximum absolute atomic E-state index is 11.2. The largest absolute Gasteiger partial charge is 0.291 e. The van der Waals surface area contributed by atoms with Crippen molar-refractivity contribution in [3.05, 3.63) is 11.6 Å². The molecule has 0 unspecified atom stereocenters. The van der Waals surface area contributed by atoms with E-state index >= 15 is 0 Å². The van der Waals surface area contributed by atoms with Crippen LogP contribution in [0.15, 0.2) is 0 Å². The van der Waals surface area contributed by atoms with Crippen molar-refractivity contribution in [1.29, 1.82) is 0 Å². The molecule has 0 bridgehead atoms. The van der Waals surface area contributed by atoms with Gasteiger partial charge in [-0.1, -0.05) is 20.8 Å². The fourth-order valence-electron chi connectivity index (χ4n) is 1.14. The molecule has 0 aliphatic carbocycles. The first-order valence-electron chi connectivity index (χ1n) is 4.82. The number of Topliss-reactive ketones (excluding diaryl/α,β-unsaturated/α-hetero) is 1. The molecule has 0 saturated heterocycles. The third kappa shape index (κ3) is 2.00. The first-order valence-corrected chi connectivity index (χ1v) is 4.82. The Labute approximate surface area is 84.3 Å². The second-order valence-corrected chi connectivity index (χ2v) is 4.38. The molecule has 1 aromatic heterocycles. The Morgan fingerprint density at radius 2 is 2.00 bits per heavy atom.